The third kappa shape index (κ3) is 5.52. The number of nitrogens with zero attached hydrogens (tertiary/aromatic N) is 1. The van der Waals surface area contributed by atoms with Gasteiger partial charge in [-0.2, -0.15) is 8.78 Å². The largest absolute Gasteiger partial charge is 0.417 e. The molecular formula is C15H14F2N4O3. The number of hydrogen-bond donors (Lipinski definition) is 3. The van der Waals surface area contributed by atoms with Crippen molar-refractivity contribution in [3.8, 4) is 5.88 Å². The normalized spacial score (nSPS) is 10.2. The van der Waals surface area contributed by atoms with Crippen molar-refractivity contribution in [2.24, 2.45) is 0 Å². The second-order valence-electron chi connectivity index (χ2n) is 4.60. The van der Waals surface area contributed by atoms with Gasteiger partial charge in [0, 0.05) is 24.4 Å². The molecule has 126 valence electrons. The van der Waals surface area contributed by atoms with Crippen LogP contribution in [0.4, 0.5) is 30.6 Å². The van der Waals surface area contributed by atoms with E-state index in [-0.39, 0.29) is 11.8 Å². The number of anilines is 3. The van der Waals surface area contributed by atoms with Crippen LogP contribution in [0.1, 0.15) is 6.92 Å². The van der Waals surface area contributed by atoms with Gasteiger partial charge in [0.1, 0.15) is 0 Å². The van der Waals surface area contributed by atoms with E-state index in [2.05, 4.69) is 25.7 Å². The molecule has 3 amide bonds. The standard InChI is InChI=1S/C15H14F2N4O3/c1-9(22)19-10-2-4-11(5-3-10)20-15(23)21-12-6-7-13(18-8-12)24-14(16)17/h2-8,14H,1H3,(H,19,22)(H2,20,21,23). The van der Waals surface area contributed by atoms with Crippen LogP contribution in [-0.2, 0) is 4.79 Å². The summed E-state index contributed by atoms with van der Waals surface area (Å²) in [6.45, 7) is -1.56. The Hall–Kier alpha value is -3.23. The number of nitrogens with one attached hydrogen (secondary N) is 3. The zero-order chi connectivity index (χ0) is 17.5. The molecular weight excluding hydrogens is 322 g/mol. The lowest BCUT2D eigenvalue weighted by Gasteiger charge is -2.09. The third-order valence-electron chi connectivity index (χ3n) is 2.67. The predicted molar refractivity (Wildman–Crippen MR) is 84.3 cm³/mol. The summed E-state index contributed by atoms with van der Waals surface area (Å²) in [5.74, 6) is -0.440. The molecule has 0 aliphatic carbocycles. The Morgan fingerprint density at radius 3 is 2.00 bits per heavy atom. The van der Waals surface area contributed by atoms with Crippen molar-refractivity contribution in [1.82, 2.24) is 4.98 Å². The maximum absolute atomic E-state index is 12.0. The van der Waals surface area contributed by atoms with Crippen molar-refractivity contribution < 1.29 is 23.1 Å². The molecule has 0 unspecified atom stereocenters. The summed E-state index contributed by atoms with van der Waals surface area (Å²) in [5, 5.41) is 7.67. The molecule has 3 N–H and O–H groups in total. The van der Waals surface area contributed by atoms with E-state index >= 15 is 0 Å². The number of pyridine rings is 1. The average molecular weight is 336 g/mol. The maximum Gasteiger partial charge on any atom is 0.388 e. The molecule has 0 aliphatic heterocycles. The summed E-state index contributed by atoms with van der Waals surface area (Å²) in [6.07, 6.45) is 1.19. The van der Waals surface area contributed by atoms with Gasteiger partial charge in [0.05, 0.1) is 11.9 Å². The van der Waals surface area contributed by atoms with Crippen LogP contribution in [0.5, 0.6) is 5.88 Å². The summed E-state index contributed by atoms with van der Waals surface area (Å²) >= 11 is 0. The first-order valence-electron chi connectivity index (χ1n) is 6.79. The number of carbonyl (C=O) groups is 2. The van der Waals surface area contributed by atoms with E-state index in [0.29, 0.717) is 17.1 Å². The highest BCUT2D eigenvalue weighted by Gasteiger charge is 2.07. The minimum atomic E-state index is -2.96. The SMILES string of the molecule is CC(=O)Nc1ccc(NC(=O)Nc2ccc(OC(F)F)nc2)cc1. The molecule has 1 aromatic heterocycles. The molecule has 1 heterocycles. The molecule has 24 heavy (non-hydrogen) atoms. The molecule has 0 atom stereocenters. The molecule has 0 spiro atoms. The van der Waals surface area contributed by atoms with E-state index in [1.807, 2.05) is 0 Å². The predicted octanol–water partition coefficient (Wildman–Crippen LogP) is 3.29. The van der Waals surface area contributed by atoms with Crippen molar-refractivity contribution >= 4 is 29.0 Å². The maximum atomic E-state index is 12.0. The topological polar surface area (TPSA) is 92.4 Å². The van der Waals surface area contributed by atoms with E-state index in [0.717, 1.165) is 0 Å². The third-order valence-corrected chi connectivity index (χ3v) is 2.67. The fourth-order valence-electron chi connectivity index (χ4n) is 1.75. The van der Waals surface area contributed by atoms with Gasteiger partial charge in [0.2, 0.25) is 11.8 Å². The molecule has 0 fully saturated rings. The fourth-order valence-corrected chi connectivity index (χ4v) is 1.75. The van der Waals surface area contributed by atoms with Gasteiger partial charge in [-0.1, -0.05) is 0 Å². The summed E-state index contributed by atoms with van der Waals surface area (Å²) < 4.78 is 28.1. The van der Waals surface area contributed by atoms with Gasteiger partial charge in [-0.15, -0.1) is 0 Å². The van der Waals surface area contributed by atoms with Gasteiger partial charge in [-0.25, -0.2) is 9.78 Å². The number of carbonyl (C=O) groups excluding carboxylic acids is 2. The van der Waals surface area contributed by atoms with E-state index in [1.54, 1.807) is 24.3 Å². The molecule has 2 aromatic rings. The number of aromatic nitrogens is 1. The number of halogens is 2. The molecule has 1 aromatic carbocycles. The van der Waals surface area contributed by atoms with Crippen LogP contribution in [0.25, 0.3) is 0 Å². The molecule has 0 saturated carbocycles. The molecule has 9 heteroatoms. The van der Waals surface area contributed by atoms with Gasteiger partial charge in [-0.3, -0.25) is 4.79 Å². The molecule has 0 bridgehead atoms. The Bertz CT molecular complexity index is 706. The highest BCUT2D eigenvalue weighted by molar-refractivity contribution is 5.99. The Morgan fingerprint density at radius 1 is 0.958 bits per heavy atom. The summed E-state index contributed by atoms with van der Waals surface area (Å²) in [6, 6.07) is 8.55. The van der Waals surface area contributed by atoms with Crippen molar-refractivity contribution in [2.45, 2.75) is 13.5 Å². The lowest BCUT2D eigenvalue weighted by atomic mass is 10.3. The second kappa shape index (κ2) is 7.86. The van der Waals surface area contributed by atoms with Gasteiger partial charge >= 0.3 is 12.6 Å². The van der Waals surface area contributed by atoms with Crippen molar-refractivity contribution in [1.29, 1.82) is 0 Å². The van der Waals surface area contributed by atoms with Crippen molar-refractivity contribution in [3.63, 3.8) is 0 Å². The molecule has 0 aliphatic rings. The van der Waals surface area contributed by atoms with Crippen molar-refractivity contribution in [3.05, 3.63) is 42.6 Å². The van der Waals surface area contributed by atoms with Gasteiger partial charge in [0.25, 0.3) is 0 Å². The molecule has 2 rings (SSSR count). The minimum absolute atomic E-state index is 0.194. The first-order chi connectivity index (χ1) is 11.4. The summed E-state index contributed by atoms with van der Waals surface area (Å²) in [5.41, 5.74) is 1.42. The number of urea groups is 1. The minimum Gasteiger partial charge on any atom is -0.417 e. The van der Waals surface area contributed by atoms with E-state index in [9.17, 15) is 18.4 Å². The van der Waals surface area contributed by atoms with Crippen LogP contribution in [0.2, 0.25) is 0 Å². The van der Waals surface area contributed by atoms with Crippen molar-refractivity contribution in [2.75, 3.05) is 16.0 Å². The average Bonchev–Trinajstić information content (AvgIpc) is 2.50. The number of benzene rings is 1. The number of ether oxygens (including phenoxy) is 1. The van der Waals surface area contributed by atoms with Crippen LogP contribution in [0.3, 0.4) is 0 Å². The van der Waals surface area contributed by atoms with Crippen LogP contribution in [0, 0.1) is 0 Å². The Kier molecular flexibility index (Phi) is 5.61. The summed E-state index contributed by atoms with van der Waals surface area (Å²) in [7, 11) is 0. The first kappa shape index (κ1) is 17.1. The number of hydrogen-bond acceptors (Lipinski definition) is 4. The summed E-state index contributed by atoms with van der Waals surface area (Å²) in [4.78, 5) is 26.4. The second-order valence-corrected chi connectivity index (χ2v) is 4.60. The monoisotopic (exact) mass is 336 g/mol. The first-order valence-corrected chi connectivity index (χ1v) is 6.79. The highest BCUT2D eigenvalue weighted by atomic mass is 19.3. The zero-order valence-electron chi connectivity index (χ0n) is 12.5. The van der Waals surface area contributed by atoms with Gasteiger partial charge < -0.3 is 20.7 Å². The van der Waals surface area contributed by atoms with Crippen LogP contribution >= 0.6 is 0 Å². The van der Waals surface area contributed by atoms with Crippen LogP contribution in [0.15, 0.2) is 42.6 Å². The number of alkyl halides is 2. The fraction of sp³-hybridized carbons (Fsp3) is 0.133. The van der Waals surface area contributed by atoms with Crippen LogP contribution in [-0.4, -0.2) is 23.5 Å². The van der Waals surface area contributed by atoms with E-state index < -0.39 is 12.6 Å². The lowest BCUT2D eigenvalue weighted by Crippen LogP contribution is -2.19. The number of amides is 3. The smallest absolute Gasteiger partial charge is 0.388 e. The zero-order valence-corrected chi connectivity index (χ0v) is 12.5. The highest BCUT2D eigenvalue weighted by Crippen LogP contribution is 2.16. The van der Waals surface area contributed by atoms with Gasteiger partial charge in [-0.05, 0) is 30.3 Å². The van der Waals surface area contributed by atoms with Gasteiger partial charge in [0.15, 0.2) is 0 Å². The Morgan fingerprint density at radius 2 is 1.50 bits per heavy atom. The Balaban J connectivity index is 1.89. The van der Waals surface area contributed by atoms with E-state index in [4.69, 9.17) is 0 Å². The number of rotatable bonds is 5. The molecule has 0 saturated heterocycles. The van der Waals surface area contributed by atoms with Crippen LogP contribution < -0.4 is 20.7 Å². The van der Waals surface area contributed by atoms with E-state index in [1.165, 1.54) is 25.3 Å². The molecule has 0 radical (unpaired) electrons. The Labute approximate surface area is 136 Å². The lowest BCUT2D eigenvalue weighted by molar-refractivity contribution is -0.114. The molecule has 7 nitrogen and oxygen atoms in total. The quantitative estimate of drug-likeness (QED) is 0.781.